The van der Waals surface area contributed by atoms with Crippen molar-refractivity contribution in [3.63, 3.8) is 0 Å². The molecule has 0 aromatic heterocycles. The van der Waals surface area contributed by atoms with Crippen molar-refractivity contribution in [2.45, 2.75) is 24.9 Å². The van der Waals surface area contributed by atoms with E-state index in [1.807, 2.05) is 4.90 Å². The molecule has 0 radical (unpaired) electrons. The highest BCUT2D eigenvalue weighted by atomic mass is 19.1. The number of likely N-dealkylation sites (tertiary alicyclic amines) is 1. The average molecular weight is 310 g/mol. The summed E-state index contributed by atoms with van der Waals surface area (Å²) < 4.78 is 24.1. The Hall–Kier alpha value is -1.66. The third-order valence-electron chi connectivity index (χ3n) is 4.26. The number of hydrogen-bond acceptors (Lipinski definition) is 4. The van der Waals surface area contributed by atoms with Crippen LogP contribution in [0.3, 0.4) is 0 Å². The fourth-order valence-electron chi connectivity index (χ4n) is 3.20. The van der Waals surface area contributed by atoms with Crippen molar-refractivity contribution < 1.29 is 18.7 Å². The number of hydrogen-bond donors (Lipinski definition) is 1. The number of nitrogens with one attached hydrogen (secondary N) is 1. The number of halogens is 1. The van der Waals surface area contributed by atoms with Crippen molar-refractivity contribution in [3.05, 3.63) is 29.6 Å². The molecule has 0 spiro atoms. The third-order valence-corrected chi connectivity index (χ3v) is 4.26. The van der Waals surface area contributed by atoms with Gasteiger partial charge in [-0.25, -0.2) is 4.39 Å². The van der Waals surface area contributed by atoms with E-state index in [0.717, 1.165) is 24.9 Å². The van der Waals surface area contributed by atoms with Crippen molar-refractivity contribution in [1.29, 1.82) is 0 Å². The van der Waals surface area contributed by atoms with E-state index in [-0.39, 0.29) is 11.7 Å². The Labute approximate surface area is 130 Å². The Kier molecular flexibility index (Phi) is 5.37. The van der Waals surface area contributed by atoms with Gasteiger partial charge in [0, 0.05) is 26.3 Å². The molecule has 1 saturated heterocycles. The summed E-state index contributed by atoms with van der Waals surface area (Å²) in [7, 11) is 4.77. The van der Waals surface area contributed by atoms with Crippen molar-refractivity contribution >= 4 is 5.91 Å². The summed E-state index contributed by atoms with van der Waals surface area (Å²) in [5.74, 6) is 0.242. The smallest absolute Gasteiger partial charge is 0.242 e. The van der Waals surface area contributed by atoms with E-state index >= 15 is 0 Å². The molecule has 1 aliphatic rings. The van der Waals surface area contributed by atoms with Crippen LogP contribution in [0, 0.1) is 5.82 Å². The fourth-order valence-corrected chi connectivity index (χ4v) is 3.20. The monoisotopic (exact) mass is 310 g/mol. The molecular weight excluding hydrogens is 287 g/mol. The second kappa shape index (κ2) is 7.07. The lowest BCUT2D eigenvalue weighted by molar-refractivity contribution is -0.135. The molecule has 0 aliphatic carbocycles. The summed E-state index contributed by atoms with van der Waals surface area (Å²) >= 11 is 0. The lowest BCUT2D eigenvalue weighted by atomic mass is 9.95. The van der Waals surface area contributed by atoms with E-state index in [9.17, 15) is 9.18 Å². The Morgan fingerprint density at radius 2 is 2.23 bits per heavy atom. The minimum absolute atomic E-state index is 0.0674. The van der Waals surface area contributed by atoms with Crippen molar-refractivity contribution in [3.8, 4) is 5.75 Å². The van der Waals surface area contributed by atoms with Gasteiger partial charge in [-0.15, -0.1) is 0 Å². The standard InChI is InChI=1S/C16H23FN2O3/c1-18-15(20)16(11-21-2)7-4-8-19(16)10-12-9-13(17)5-6-14(12)22-3/h5-6,9H,4,7-8,10-11H2,1-3H3,(H,18,20). The summed E-state index contributed by atoms with van der Waals surface area (Å²) in [5.41, 5.74) is 0.0228. The molecule has 1 fully saturated rings. The predicted octanol–water partition coefficient (Wildman–Crippen LogP) is 1.56. The first-order valence-electron chi connectivity index (χ1n) is 7.36. The van der Waals surface area contributed by atoms with Gasteiger partial charge in [0.05, 0.1) is 13.7 Å². The lowest BCUT2D eigenvalue weighted by Crippen LogP contribution is -2.57. The number of methoxy groups -OCH3 is 2. The number of carbonyl (C=O) groups excluding carboxylic acids is 1. The summed E-state index contributed by atoms with van der Waals surface area (Å²) in [6.07, 6.45) is 1.62. The fraction of sp³-hybridized carbons (Fsp3) is 0.562. The lowest BCUT2D eigenvalue weighted by Gasteiger charge is -2.36. The first kappa shape index (κ1) is 16.7. The molecule has 2 rings (SSSR count). The van der Waals surface area contributed by atoms with E-state index in [2.05, 4.69) is 5.32 Å². The van der Waals surface area contributed by atoms with Crippen LogP contribution in [0.25, 0.3) is 0 Å². The molecule has 0 bridgehead atoms. The molecule has 1 aromatic rings. The van der Waals surface area contributed by atoms with Crippen LogP contribution >= 0.6 is 0 Å². The first-order chi connectivity index (χ1) is 10.6. The Morgan fingerprint density at radius 1 is 1.45 bits per heavy atom. The second-order valence-corrected chi connectivity index (χ2v) is 5.52. The van der Waals surface area contributed by atoms with Gasteiger partial charge < -0.3 is 14.8 Å². The number of nitrogens with zero attached hydrogens (tertiary/aromatic N) is 1. The van der Waals surface area contributed by atoms with Gasteiger partial charge in [-0.05, 0) is 37.6 Å². The SMILES string of the molecule is CNC(=O)C1(COC)CCCN1Cc1cc(F)ccc1OC. The maximum atomic E-state index is 13.5. The predicted molar refractivity (Wildman–Crippen MR) is 81.3 cm³/mol. The Bertz CT molecular complexity index is 538. The number of amides is 1. The maximum Gasteiger partial charge on any atom is 0.242 e. The minimum Gasteiger partial charge on any atom is -0.496 e. The molecule has 1 aliphatic heterocycles. The Balaban J connectivity index is 2.30. The molecule has 1 atom stereocenters. The van der Waals surface area contributed by atoms with Crippen LogP contribution < -0.4 is 10.1 Å². The van der Waals surface area contributed by atoms with Crippen LogP contribution in [-0.4, -0.2) is 50.8 Å². The van der Waals surface area contributed by atoms with Crippen LogP contribution in [0.5, 0.6) is 5.75 Å². The van der Waals surface area contributed by atoms with Gasteiger partial charge in [-0.1, -0.05) is 0 Å². The zero-order valence-electron chi connectivity index (χ0n) is 13.3. The highest BCUT2D eigenvalue weighted by Crippen LogP contribution is 2.33. The number of benzene rings is 1. The van der Waals surface area contributed by atoms with Gasteiger partial charge in [-0.2, -0.15) is 0 Å². The van der Waals surface area contributed by atoms with Crippen LogP contribution in [0.2, 0.25) is 0 Å². The molecule has 1 unspecified atom stereocenters. The van der Waals surface area contributed by atoms with Gasteiger partial charge >= 0.3 is 0 Å². The maximum absolute atomic E-state index is 13.5. The number of rotatable bonds is 6. The molecular formula is C16H23FN2O3. The van der Waals surface area contributed by atoms with Crippen LogP contribution in [0.1, 0.15) is 18.4 Å². The van der Waals surface area contributed by atoms with Gasteiger partial charge in [0.2, 0.25) is 5.91 Å². The number of ether oxygens (including phenoxy) is 2. The normalized spacial score (nSPS) is 21.8. The molecule has 1 amide bonds. The minimum atomic E-state index is -0.708. The van der Waals surface area contributed by atoms with E-state index in [1.165, 1.54) is 12.1 Å². The van der Waals surface area contributed by atoms with Crippen molar-refractivity contribution in [1.82, 2.24) is 10.2 Å². The number of carbonyl (C=O) groups is 1. The molecule has 1 N–H and O–H groups in total. The molecule has 1 aromatic carbocycles. The highest BCUT2D eigenvalue weighted by molar-refractivity contribution is 5.86. The van der Waals surface area contributed by atoms with Crippen molar-refractivity contribution in [2.24, 2.45) is 0 Å². The van der Waals surface area contributed by atoms with Gasteiger partial charge in [-0.3, -0.25) is 9.69 Å². The molecule has 6 heteroatoms. The molecule has 5 nitrogen and oxygen atoms in total. The van der Waals surface area contributed by atoms with Gasteiger partial charge in [0.25, 0.3) is 0 Å². The average Bonchev–Trinajstić information content (AvgIpc) is 2.91. The second-order valence-electron chi connectivity index (χ2n) is 5.52. The summed E-state index contributed by atoms with van der Waals surface area (Å²) in [4.78, 5) is 14.5. The Morgan fingerprint density at radius 3 is 2.86 bits per heavy atom. The molecule has 122 valence electrons. The molecule has 0 saturated carbocycles. The highest BCUT2D eigenvalue weighted by Gasteiger charge is 2.47. The zero-order chi connectivity index (χ0) is 16.2. The summed E-state index contributed by atoms with van der Waals surface area (Å²) in [5, 5.41) is 2.72. The quantitative estimate of drug-likeness (QED) is 0.866. The topological polar surface area (TPSA) is 50.8 Å². The molecule has 1 heterocycles. The van der Waals surface area contributed by atoms with Gasteiger partial charge in [0.1, 0.15) is 17.1 Å². The molecule has 22 heavy (non-hydrogen) atoms. The van der Waals surface area contributed by atoms with Crippen LogP contribution in [-0.2, 0) is 16.1 Å². The van der Waals surface area contributed by atoms with E-state index in [0.29, 0.717) is 18.9 Å². The third kappa shape index (κ3) is 3.08. The van der Waals surface area contributed by atoms with Crippen LogP contribution in [0.15, 0.2) is 18.2 Å². The van der Waals surface area contributed by atoms with E-state index < -0.39 is 5.54 Å². The summed E-state index contributed by atoms with van der Waals surface area (Å²) in [6, 6.07) is 4.44. The van der Waals surface area contributed by atoms with Crippen molar-refractivity contribution in [2.75, 3.05) is 34.4 Å². The van der Waals surface area contributed by atoms with E-state index in [1.54, 1.807) is 27.3 Å². The summed E-state index contributed by atoms with van der Waals surface area (Å²) in [6.45, 7) is 1.51. The van der Waals surface area contributed by atoms with E-state index in [4.69, 9.17) is 9.47 Å². The van der Waals surface area contributed by atoms with Crippen LogP contribution in [0.4, 0.5) is 4.39 Å². The zero-order valence-corrected chi connectivity index (χ0v) is 13.3. The van der Waals surface area contributed by atoms with Gasteiger partial charge in [0.15, 0.2) is 0 Å². The first-order valence-corrected chi connectivity index (χ1v) is 7.36. The largest absolute Gasteiger partial charge is 0.496 e. The number of likely N-dealkylation sites (N-methyl/N-ethyl adjacent to an activating group) is 1.